The Morgan fingerprint density at radius 1 is 1.35 bits per heavy atom. The molecule has 1 aromatic rings. The average molecular weight is 340 g/mol. The van der Waals surface area contributed by atoms with Gasteiger partial charge in [-0.2, -0.15) is 0 Å². The average Bonchev–Trinajstić information content (AvgIpc) is 2.97. The van der Waals surface area contributed by atoms with Crippen LogP contribution in [0.5, 0.6) is 0 Å². The molecule has 0 saturated carbocycles. The molecule has 6 heteroatoms. The molecular formula is C17H29N3O2S. The predicted molar refractivity (Wildman–Crippen MR) is 94.8 cm³/mol. The number of aliphatic hydroxyl groups excluding tert-OH is 1. The lowest BCUT2D eigenvalue weighted by atomic mass is 10.1. The van der Waals surface area contributed by atoms with Gasteiger partial charge in [0.1, 0.15) is 0 Å². The Kier molecular flexibility index (Phi) is 6.87. The first-order chi connectivity index (χ1) is 11.0. The minimum Gasteiger partial charge on any atom is -0.391 e. The monoisotopic (exact) mass is 339 g/mol. The molecular weight excluding hydrogens is 310 g/mol. The van der Waals surface area contributed by atoms with E-state index in [-0.39, 0.29) is 6.03 Å². The molecule has 0 bridgehead atoms. The van der Waals surface area contributed by atoms with Crippen molar-refractivity contribution in [2.24, 2.45) is 5.92 Å². The third-order valence-corrected chi connectivity index (χ3v) is 5.28. The second kappa shape index (κ2) is 8.66. The Labute approximate surface area is 143 Å². The van der Waals surface area contributed by atoms with E-state index in [1.54, 1.807) is 0 Å². The first kappa shape index (κ1) is 18.2. The summed E-state index contributed by atoms with van der Waals surface area (Å²) in [6.45, 7) is 9.20. The minimum absolute atomic E-state index is 0.201. The summed E-state index contributed by atoms with van der Waals surface area (Å²) in [5, 5.41) is 17.6. The number of rotatable bonds is 7. The molecule has 1 aliphatic heterocycles. The van der Waals surface area contributed by atoms with E-state index < -0.39 is 6.10 Å². The highest BCUT2D eigenvalue weighted by Crippen LogP contribution is 2.24. The van der Waals surface area contributed by atoms with E-state index in [1.165, 1.54) is 10.4 Å². The molecule has 2 atom stereocenters. The van der Waals surface area contributed by atoms with Crippen LogP contribution in [0.4, 0.5) is 4.79 Å². The molecule has 2 rings (SSSR count). The number of nitrogens with one attached hydrogen (secondary N) is 2. The number of carbonyl (C=O) groups excluding carboxylic acids is 1. The van der Waals surface area contributed by atoms with E-state index in [0.717, 1.165) is 19.5 Å². The lowest BCUT2D eigenvalue weighted by molar-refractivity contribution is 0.146. The molecule has 0 aliphatic carbocycles. The minimum atomic E-state index is -0.475. The number of hydrogen-bond donors (Lipinski definition) is 3. The van der Waals surface area contributed by atoms with Crippen molar-refractivity contribution in [1.29, 1.82) is 0 Å². The fourth-order valence-corrected chi connectivity index (χ4v) is 3.81. The van der Waals surface area contributed by atoms with Crippen molar-refractivity contribution in [3.63, 3.8) is 0 Å². The molecule has 130 valence electrons. The van der Waals surface area contributed by atoms with E-state index >= 15 is 0 Å². The maximum Gasteiger partial charge on any atom is 0.314 e. The molecule has 0 spiro atoms. The van der Waals surface area contributed by atoms with E-state index in [1.807, 2.05) is 11.3 Å². The maximum absolute atomic E-state index is 11.8. The van der Waals surface area contributed by atoms with Crippen LogP contribution in [-0.2, 0) is 13.0 Å². The van der Waals surface area contributed by atoms with Gasteiger partial charge in [-0.05, 0) is 42.7 Å². The summed E-state index contributed by atoms with van der Waals surface area (Å²) in [6, 6.07) is 2.30. The van der Waals surface area contributed by atoms with Crippen LogP contribution in [0.2, 0.25) is 0 Å². The Morgan fingerprint density at radius 3 is 2.83 bits per heavy atom. The zero-order valence-corrected chi connectivity index (χ0v) is 15.2. The SMILES string of the molecule is CC(C)CC(O)CNC(=O)NCC(C)N1CCc2sccc2C1. The molecule has 0 saturated heterocycles. The predicted octanol–water partition coefficient (Wildman–Crippen LogP) is 2.20. The van der Waals surface area contributed by atoms with Crippen LogP contribution >= 0.6 is 11.3 Å². The highest BCUT2D eigenvalue weighted by Gasteiger charge is 2.21. The molecule has 2 unspecified atom stereocenters. The van der Waals surface area contributed by atoms with Gasteiger partial charge in [0.15, 0.2) is 0 Å². The molecule has 1 aliphatic rings. The molecule has 3 N–H and O–H groups in total. The quantitative estimate of drug-likeness (QED) is 0.713. The van der Waals surface area contributed by atoms with E-state index in [0.29, 0.717) is 31.5 Å². The Bertz CT molecular complexity index is 504. The molecule has 2 heterocycles. The summed E-state index contributed by atoms with van der Waals surface area (Å²) in [5.74, 6) is 0.427. The van der Waals surface area contributed by atoms with Crippen molar-refractivity contribution in [3.8, 4) is 0 Å². The summed E-state index contributed by atoms with van der Waals surface area (Å²) >= 11 is 1.84. The molecule has 0 radical (unpaired) electrons. The molecule has 1 aromatic heterocycles. The van der Waals surface area contributed by atoms with Crippen LogP contribution in [0.3, 0.4) is 0 Å². The molecule has 2 amide bonds. The second-order valence-electron chi connectivity index (χ2n) is 6.81. The van der Waals surface area contributed by atoms with Crippen LogP contribution in [0.1, 0.15) is 37.6 Å². The van der Waals surface area contributed by atoms with Crippen molar-refractivity contribution in [1.82, 2.24) is 15.5 Å². The topological polar surface area (TPSA) is 64.6 Å². The number of thiophene rings is 1. The summed E-state index contributed by atoms with van der Waals surface area (Å²) < 4.78 is 0. The van der Waals surface area contributed by atoms with Crippen LogP contribution in [0.15, 0.2) is 11.4 Å². The zero-order chi connectivity index (χ0) is 16.8. The van der Waals surface area contributed by atoms with Gasteiger partial charge < -0.3 is 15.7 Å². The van der Waals surface area contributed by atoms with Crippen molar-refractivity contribution in [2.75, 3.05) is 19.6 Å². The summed E-state index contributed by atoms with van der Waals surface area (Å²) in [7, 11) is 0. The Morgan fingerprint density at radius 2 is 2.09 bits per heavy atom. The van der Waals surface area contributed by atoms with Crippen LogP contribution in [-0.4, -0.2) is 47.8 Å². The summed E-state index contributed by atoms with van der Waals surface area (Å²) in [4.78, 5) is 15.7. The van der Waals surface area contributed by atoms with E-state index in [4.69, 9.17) is 0 Å². The van der Waals surface area contributed by atoms with Crippen molar-refractivity contribution in [3.05, 3.63) is 21.9 Å². The standard InChI is InChI=1S/C17H29N3O2S/c1-12(2)8-15(21)10-19-17(22)18-9-13(3)20-6-4-16-14(11-20)5-7-23-16/h5,7,12-13,15,21H,4,6,8-11H2,1-3H3,(H2,18,19,22). The third-order valence-electron chi connectivity index (χ3n) is 4.26. The number of aliphatic hydroxyl groups is 1. The lowest BCUT2D eigenvalue weighted by Gasteiger charge is -2.32. The van der Waals surface area contributed by atoms with Crippen LogP contribution < -0.4 is 10.6 Å². The zero-order valence-electron chi connectivity index (χ0n) is 14.3. The van der Waals surface area contributed by atoms with Gasteiger partial charge in [-0.1, -0.05) is 13.8 Å². The molecule has 0 fully saturated rings. The van der Waals surface area contributed by atoms with Gasteiger partial charge in [0.05, 0.1) is 6.10 Å². The Hall–Kier alpha value is -1.11. The highest BCUT2D eigenvalue weighted by atomic mass is 32.1. The van der Waals surface area contributed by atoms with Gasteiger partial charge in [0.2, 0.25) is 0 Å². The van der Waals surface area contributed by atoms with Gasteiger partial charge in [-0.25, -0.2) is 4.79 Å². The van der Waals surface area contributed by atoms with E-state index in [9.17, 15) is 9.90 Å². The summed E-state index contributed by atoms with van der Waals surface area (Å²) in [5.41, 5.74) is 1.43. The second-order valence-corrected chi connectivity index (χ2v) is 7.81. The largest absolute Gasteiger partial charge is 0.391 e. The fraction of sp³-hybridized carbons (Fsp3) is 0.706. The Balaban J connectivity index is 1.66. The van der Waals surface area contributed by atoms with Crippen molar-refractivity contribution in [2.45, 2.75) is 52.3 Å². The number of hydrogen-bond acceptors (Lipinski definition) is 4. The van der Waals surface area contributed by atoms with Gasteiger partial charge in [-0.15, -0.1) is 11.3 Å². The van der Waals surface area contributed by atoms with Gasteiger partial charge in [0, 0.05) is 37.1 Å². The van der Waals surface area contributed by atoms with Crippen molar-refractivity contribution < 1.29 is 9.90 Å². The number of nitrogens with zero attached hydrogens (tertiary/aromatic N) is 1. The van der Waals surface area contributed by atoms with Gasteiger partial charge in [0.25, 0.3) is 0 Å². The molecule has 5 nitrogen and oxygen atoms in total. The van der Waals surface area contributed by atoms with Gasteiger partial charge >= 0.3 is 6.03 Å². The third kappa shape index (κ3) is 5.79. The maximum atomic E-state index is 11.8. The van der Waals surface area contributed by atoms with Gasteiger partial charge in [-0.3, -0.25) is 4.90 Å². The van der Waals surface area contributed by atoms with Crippen molar-refractivity contribution >= 4 is 17.4 Å². The first-order valence-electron chi connectivity index (χ1n) is 8.44. The highest BCUT2D eigenvalue weighted by molar-refractivity contribution is 7.10. The molecule has 23 heavy (non-hydrogen) atoms. The first-order valence-corrected chi connectivity index (χ1v) is 9.32. The lowest BCUT2D eigenvalue weighted by Crippen LogP contribution is -2.47. The number of amides is 2. The number of urea groups is 1. The normalized spacial score (nSPS) is 17.6. The smallest absolute Gasteiger partial charge is 0.314 e. The van der Waals surface area contributed by atoms with Crippen LogP contribution in [0.25, 0.3) is 0 Å². The summed E-state index contributed by atoms with van der Waals surface area (Å²) in [6.07, 6.45) is 1.33. The fourth-order valence-electron chi connectivity index (χ4n) is 2.92. The molecule has 0 aromatic carbocycles. The van der Waals surface area contributed by atoms with E-state index in [2.05, 4.69) is 47.8 Å². The number of carbonyl (C=O) groups is 1. The van der Waals surface area contributed by atoms with Crippen LogP contribution in [0, 0.1) is 5.92 Å². The number of fused-ring (bicyclic) bond motifs is 1.